The number of carbonyl (C=O) groups excluding carboxylic acids is 3. The van der Waals surface area contributed by atoms with Crippen molar-refractivity contribution in [1.82, 2.24) is 4.57 Å². The normalized spacial score (nSPS) is 18.8. The van der Waals surface area contributed by atoms with Gasteiger partial charge >= 0.3 is 11.9 Å². The van der Waals surface area contributed by atoms with Gasteiger partial charge in [-0.05, 0) is 65.1 Å². The van der Waals surface area contributed by atoms with Crippen molar-refractivity contribution in [2.24, 2.45) is 11.8 Å². The minimum absolute atomic E-state index is 0.0440. The summed E-state index contributed by atoms with van der Waals surface area (Å²) >= 11 is 6.42. The number of benzene rings is 4. The molecule has 0 bridgehead atoms. The zero-order chi connectivity index (χ0) is 33.8. The second-order valence-electron chi connectivity index (χ2n) is 12.3. The number of aromatic nitrogens is 1. The van der Waals surface area contributed by atoms with Gasteiger partial charge in [-0.25, -0.2) is 4.79 Å². The van der Waals surface area contributed by atoms with Gasteiger partial charge in [-0.15, -0.1) is 0 Å². The minimum Gasteiger partial charge on any atom is -0.493 e. The Balaban J connectivity index is 1.14. The number of fused-ring (bicyclic) bond motifs is 4. The number of nitrogens with zero attached hydrogens (tertiary/aromatic N) is 1. The molecular weight excluding hydrogens is 650 g/mol. The van der Waals surface area contributed by atoms with Gasteiger partial charge in [-0.3, -0.25) is 9.59 Å². The highest BCUT2D eigenvalue weighted by Crippen LogP contribution is 2.52. The third kappa shape index (κ3) is 5.23. The highest BCUT2D eigenvalue weighted by molar-refractivity contribution is 6.43. The molecule has 0 radical (unpaired) electrons. The maximum Gasteiger partial charge on any atom is 0.385 e. The number of methoxy groups -OCH3 is 2. The van der Waals surface area contributed by atoms with E-state index in [-0.39, 0.29) is 41.5 Å². The Kier molecular flexibility index (Phi) is 7.67. The summed E-state index contributed by atoms with van der Waals surface area (Å²) in [5.41, 5.74) is 4.44. The average Bonchev–Trinajstić information content (AvgIpc) is 3.84. The summed E-state index contributed by atoms with van der Waals surface area (Å²) in [4.78, 5) is 40.4. The predicted molar refractivity (Wildman–Crippen MR) is 178 cm³/mol. The fourth-order valence-corrected chi connectivity index (χ4v) is 7.50. The van der Waals surface area contributed by atoms with Crippen LogP contribution in [0, 0.1) is 11.8 Å². The summed E-state index contributed by atoms with van der Waals surface area (Å²) in [6, 6.07) is 22.1. The maximum atomic E-state index is 13.7. The summed E-state index contributed by atoms with van der Waals surface area (Å²) in [6.45, 7) is 0.835. The molecule has 3 aliphatic rings. The predicted octanol–water partition coefficient (Wildman–Crippen LogP) is 6.35. The Bertz CT molecular complexity index is 2150. The quantitative estimate of drug-likeness (QED) is 0.0801. The molecular formula is C38H30ClNO9. The van der Waals surface area contributed by atoms with Crippen molar-refractivity contribution in [1.29, 1.82) is 0 Å². The molecule has 8 rings (SSSR count). The van der Waals surface area contributed by atoms with Crippen molar-refractivity contribution >= 4 is 40.2 Å². The van der Waals surface area contributed by atoms with Gasteiger partial charge in [-0.2, -0.15) is 0 Å². The van der Waals surface area contributed by atoms with Crippen LogP contribution in [0.1, 0.15) is 38.5 Å². The third-order valence-electron chi connectivity index (χ3n) is 9.58. The summed E-state index contributed by atoms with van der Waals surface area (Å²) in [5, 5.41) is 1.19. The van der Waals surface area contributed by atoms with Crippen molar-refractivity contribution in [3.63, 3.8) is 0 Å². The van der Waals surface area contributed by atoms with Crippen LogP contribution in [0.4, 0.5) is 0 Å². The van der Waals surface area contributed by atoms with Gasteiger partial charge in [0.05, 0.1) is 32.3 Å². The molecule has 3 heterocycles. The molecule has 4 aromatic carbocycles. The summed E-state index contributed by atoms with van der Waals surface area (Å²) in [7, 11) is 2.86. The third-order valence-corrected chi connectivity index (χ3v) is 9.95. The topological polar surface area (TPSA) is 112 Å². The first-order valence-electron chi connectivity index (χ1n) is 15.8. The Morgan fingerprint density at radius 1 is 0.918 bits per heavy atom. The molecule has 3 atom stereocenters. The first-order chi connectivity index (χ1) is 23.8. The number of Topliss-reactive ketones (excluding diaryl/α,β-unsaturated/α-hetero) is 1. The van der Waals surface area contributed by atoms with Gasteiger partial charge < -0.3 is 33.0 Å². The van der Waals surface area contributed by atoms with Crippen molar-refractivity contribution in [3.8, 4) is 28.7 Å². The van der Waals surface area contributed by atoms with Gasteiger partial charge in [0.2, 0.25) is 12.5 Å². The smallest absolute Gasteiger partial charge is 0.385 e. The van der Waals surface area contributed by atoms with E-state index in [0.717, 1.165) is 22.2 Å². The molecule has 1 aliphatic carbocycles. The molecule has 0 spiro atoms. The largest absolute Gasteiger partial charge is 0.493 e. The fourth-order valence-electron chi connectivity index (χ4n) is 7.30. The van der Waals surface area contributed by atoms with E-state index in [4.69, 9.17) is 40.0 Å². The van der Waals surface area contributed by atoms with Crippen LogP contribution in [0.5, 0.6) is 28.7 Å². The van der Waals surface area contributed by atoms with Crippen molar-refractivity contribution in [2.75, 3.05) is 27.6 Å². The lowest BCUT2D eigenvalue weighted by Crippen LogP contribution is -2.31. The van der Waals surface area contributed by atoms with Crippen LogP contribution in [0.15, 0.2) is 79.0 Å². The Morgan fingerprint density at radius 3 is 2.39 bits per heavy atom. The van der Waals surface area contributed by atoms with Crippen LogP contribution < -0.4 is 23.7 Å². The Labute approximate surface area is 286 Å². The van der Waals surface area contributed by atoms with E-state index in [1.807, 2.05) is 47.0 Å². The van der Waals surface area contributed by atoms with Gasteiger partial charge in [-0.1, -0.05) is 48.0 Å². The number of cyclic esters (lactones) is 1. The van der Waals surface area contributed by atoms with Crippen molar-refractivity contribution in [2.45, 2.75) is 18.9 Å². The summed E-state index contributed by atoms with van der Waals surface area (Å²) in [5.74, 6) is -1.64. The number of hydrogen-bond donors (Lipinski definition) is 0. The van der Waals surface area contributed by atoms with E-state index in [1.165, 1.54) is 14.2 Å². The van der Waals surface area contributed by atoms with E-state index in [1.54, 1.807) is 36.5 Å². The standard InChI is InChI=1S/C38H30ClNO9/c1-44-31-13-22(33-25-15-30-29(47-19-48-30)12-21(25)11-23-18-46-37(42)34(23)33)14-32(45-2)36(31)49-38(43)35(41)26-17-40(28-10-6-4-8-24(26)28)16-20-7-3-5-9-27(20)39/h3-10,12-15,17,23,33-34H,11,16,18-19H2,1-2H3/t23-,33+,34-/m0/s1. The lowest BCUT2D eigenvalue weighted by atomic mass is 9.67. The lowest BCUT2D eigenvalue weighted by Gasteiger charge is -2.34. The molecule has 0 amide bonds. The zero-order valence-electron chi connectivity index (χ0n) is 26.6. The molecule has 10 nitrogen and oxygen atoms in total. The molecule has 1 fully saturated rings. The number of carbonyl (C=O) groups is 3. The SMILES string of the molecule is COc1cc([C@@H]2c3cc4c(cc3C[C@H]3COC(=O)[C@@H]32)OCO4)cc(OC)c1OC(=O)C(=O)c1cn(Cc2ccccc2Cl)c2ccccc12. The number of rotatable bonds is 8. The Morgan fingerprint density at radius 2 is 1.63 bits per heavy atom. The van der Waals surface area contributed by atoms with Crippen LogP contribution >= 0.6 is 11.6 Å². The average molecular weight is 680 g/mol. The van der Waals surface area contributed by atoms with E-state index in [2.05, 4.69) is 0 Å². The molecule has 1 aromatic heterocycles. The minimum atomic E-state index is -1.11. The highest BCUT2D eigenvalue weighted by Gasteiger charge is 2.48. The van der Waals surface area contributed by atoms with Crippen LogP contribution in [0.25, 0.3) is 10.9 Å². The molecule has 5 aromatic rings. The van der Waals surface area contributed by atoms with Gasteiger partial charge in [0.1, 0.15) is 0 Å². The molecule has 0 unspecified atom stereocenters. The van der Waals surface area contributed by atoms with Crippen LogP contribution in [0.2, 0.25) is 5.02 Å². The van der Waals surface area contributed by atoms with Crippen molar-refractivity contribution in [3.05, 3.63) is 112 Å². The molecule has 0 saturated carbocycles. The monoisotopic (exact) mass is 679 g/mol. The lowest BCUT2D eigenvalue weighted by molar-refractivity contribution is -0.141. The first kappa shape index (κ1) is 30.8. The second-order valence-corrected chi connectivity index (χ2v) is 12.7. The van der Waals surface area contributed by atoms with Gasteiger partial charge in [0.15, 0.2) is 23.0 Å². The first-order valence-corrected chi connectivity index (χ1v) is 16.1. The van der Waals surface area contributed by atoms with Gasteiger partial charge in [0, 0.05) is 40.5 Å². The molecule has 0 N–H and O–H groups in total. The number of ketones is 1. The number of esters is 2. The van der Waals surface area contributed by atoms with Crippen LogP contribution in [-0.2, 0) is 27.3 Å². The zero-order valence-corrected chi connectivity index (χ0v) is 27.3. The molecule has 248 valence electrons. The van der Waals surface area contributed by atoms with E-state index < -0.39 is 23.6 Å². The van der Waals surface area contributed by atoms with Crippen LogP contribution in [-0.4, -0.2) is 49.9 Å². The number of halogens is 1. The maximum absolute atomic E-state index is 13.7. The Hall–Kier alpha value is -5.48. The molecule has 2 aliphatic heterocycles. The van der Waals surface area contributed by atoms with Crippen molar-refractivity contribution < 1.29 is 42.8 Å². The van der Waals surface area contributed by atoms with Crippen LogP contribution in [0.3, 0.4) is 0 Å². The highest BCUT2D eigenvalue weighted by atomic mass is 35.5. The number of hydrogen-bond acceptors (Lipinski definition) is 9. The van der Waals surface area contributed by atoms with E-state index in [9.17, 15) is 14.4 Å². The van der Waals surface area contributed by atoms with Gasteiger partial charge in [0.25, 0.3) is 5.78 Å². The summed E-state index contributed by atoms with van der Waals surface area (Å²) < 4.78 is 35.9. The summed E-state index contributed by atoms with van der Waals surface area (Å²) in [6.07, 6.45) is 2.29. The number of ether oxygens (including phenoxy) is 6. The van der Waals surface area contributed by atoms with E-state index in [0.29, 0.717) is 47.0 Å². The fraction of sp³-hybridized carbons (Fsp3) is 0.237. The molecule has 49 heavy (non-hydrogen) atoms. The molecule has 11 heteroatoms. The number of para-hydroxylation sites is 1. The van der Waals surface area contributed by atoms with E-state index >= 15 is 0 Å². The second kappa shape index (κ2) is 12.2. The molecule has 1 saturated heterocycles.